The number of nitrogens with one attached hydrogen (secondary N) is 2. The maximum atomic E-state index is 10.6. The molecule has 0 atom stereocenters. The average molecular weight is 209 g/mol. The van der Waals surface area contributed by atoms with Gasteiger partial charge in [0.15, 0.2) is 5.11 Å². The Bertz CT molecular complexity index is 326. The van der Waals surface area contributed by atoms with Crippen LogP contribution in [0, 0.1) is 0 Å². The molecule has 1 heterocycles. The zero-order valence-corrected chi connectivity index (χ0v) is 8.60. The number of carbonyl (C=O) groups is 1. The number of hydrogen-bond donors (Lipinski definition) is 2. The Kier molecular flexibility index (Phi) is 4.00. The highest BCUT2D eigenvalue weighted by molar-refractivity contribution is 7.80. The Labute approximate surface area is 87.7 Å². The minimum Gasteiger partial charge on any atom is -0.358 e. The lowest BCUT2D eigenvalue weighted by atomic mass is 10.3. The molecule has 1 aromatic heterocycles. The van der Waals surface area contributed by atoms with Gasteiger partial charge < -0.3 is 10.6 Å². The molecule has 0 aliphatic carbocycles. The van der Waals surface area contributed by atoms with Crippen LogP contribution in [0.15, 0.2) is 24.5 Å². The van der Waals surface area contributed by atoms with Crippen LogP contribution in [0.5, 0.6) is 0 Å². The quantitative estimate of drug-likeness (QED) is 0.700. The first-order chi connectivity index (χ1) is 6.68. The molecule has 0 saturated carbocycles. The topological polar surface area (TPSA) is 54.0 Å². The van der Waals surface area contributed by atoms with Crippen molar-refractivity contribution < 1.29 is 4.79 Å². The van der Waals surface area contributed by atoms with Gasteiger partial charge >= 0.3 is 0 Å². The summed E-state index contributed by atoms with van der Waals surface area (Å²) >= 11 is 4.87. The summed E-state index contributed by atoms with van der Waals surface area (Å²) in [5, 5.41) is 5.70. The average Bonchev–Trinajstić information content (AvgIpc) is 2.15. The summed E-state index contributed by atoms with van der Waals surface area (Å²) in [6.07, 6.45) is 3.44. The molecular weight excluding hydrogens is 198 g/mol. The van der Waals surface area contributed by atoms with Crippen LogP contribution >= 0.6 is 12.2 Å². The number of pyridine rings is 1. The molecule has 1 aromatic rings. The van der Waals surface area contributed by atoms with E-state index in [1.807, 2.05) is 12.1 Å². The van der Waals surface area contributed by atoms with Crippen molar-refractivity contribution >= 4 is 23.2 Å². The van der Waals surface area contributed by atoms with Crippen molar-refractivity contribution in [2.24, 2.45) is 0 Å². The smallest absolute Gasteiger partial charge is 0.222 e. The lowest BCUT2D eigenvalue weighted by Crippen LogP contribution is -2.37. The Morgan fingerprint density at radius 3 is 3.00 bits per heavy atom. The van der Waals surface area contributed by atoms with Gasteiger partial charge in [-0.2, -0.15) is 0 Å². The normalized spacial score (nSPS) is 9.21. The van der Waals surface area contributed by atoms with Gasteiger partial charge in [-0.05, 0) is 23.8 Å². The van der Waals surface area contributed by atoms with Crippen molar-refractivity contribution in [3.8, 4) is 0 Å². The van der Waals surface area contributed by atoms with Crippen LogP contribution in [-0.2, 0) is 11.3 Å². The molecule has 74 valence electrons. The molecular formula is C9H11N3OS. The Morgan fingerprint density at radius 1 is 1.64 bits per heavy atom. The Morgan fingerprint density at radius 2 is 2.43 bits per heavy atom. The van der Waals surface area contributed by atoms with Crippen LogP contribution < -0.4 is 10.6 Å². The van der Waals surface area contributed by atoms with E-state index in [1.165, 1.54) is 6.92 Å². The molecule has 0 aliphatic rings. The summed E-state index contributed by atoms with van der Waals surface area (Å²) in [7, 11) is 0. The fraction of sp³-hybridized carbons (Fsp3) is 0.222. The van der Waals surface area contributed by atoms with Crippen molar-refractivity contribution in [1.82, 2.24) is 15.6 Å². The maximum absolute atomic E-state index is 10.6. The minimum atomic E-state index is -0.173. The second-order valence-corrected chi connectivity index (χ2v) is 3.13. The number of rotatable bonds is 2. The lowest BCUT2D eigenvalue weighted by molar-refractivity contribution is -0.117. The fourth-order valence-electron chi connectivity index (χ4n) is 0.889. The number of nitrogens with zero attached hydrogens (tertiary/aromatic N) is 1. The molecule has 0 fully saturated rings. The van der Waals surface area contributed by atoms with E-state index in [9.17, 15) is 4.79 Å². The van der Waals surface area contributed by atoms with Crippen molar-refractivity contribution in [2.75, 3.05) is 0 Å². The zero-order valence-electron chi connectivity index (χ0n) is 7.78. The molecule has 14 heavy (non-hydrogen) atoms. The first-order valence-corrected chi connectivity index (χ1v) is 4.53. The van der Waals surface area contributed by atoms with E-state index in [1.54, 1.807) is 12.4 Å². The number of carbonyl (C=O) groups excluding carboxylic acids is 1. The summed E-state index contributed by atoms with van der Waals surface area (Å²) < 4.78 is 0. The van der Waals surface area contributed by atoms with Gasteiger partial charge in [0.05, 0.1) is 0 Å². The summed E-state index contributed by atoms with van der Waals surface area (Å²) in [6.45, 7) is 1.98. The first-order valence-electron chi connectivity index (χ1n) is 4.13. The third kappa shape index (κ3) is 3.95. The van der Waals surface area contributed by atoms with E-state index < -0.39 is 0 Å². The van der Waals surface area contributed by atoms with Crippen LogP contribution in [0.2, 0.25) is 0 Å². The molecule has 0 spiro atoms. The van der Waals surface area contributed by atoms with Crippen molar-refractivity contribution in [3.63, 3.8) is 0 Å². The number of amides is 1. The number of aromatic nitrogens is 1. The SMILES string of the molecule is CC(=O)NC(=S)NCc1cccnc1. The van der Waals surface area contributed by atoms with Crippen LogP contribution in [0.1, 0.15) is 12.5 Å². The zero-order chi connectivity index (χ0) is 10.4. The van der Waals surface area contributed by atoms with Gasteiger partial charge in [-0.1, -0.05) is 6.07 Å². The molecule has 0 aromatic carbocycles. The molecule has 1 rings (SSSR count). The second-order valence-electron chi connectivity index (χ2n) is 2.73. The van der Waals surface area contributed by atoms with E-state index in [0.29, 0.717) is 11.7 Å². The van der Waals surface area contributed by atoms with Crippen LogP contribution in [0.25, 0.3) is 0 Å². The maximum Gasteiger partial charge on any atom is 0.222 e. The van der Waals surface area contributed by atoms with Gasteiger partial charge in [0.25, 0.3) is 0 Å². The molecule has 0 bridgehead atoms. The summed E-state index contributed by atoms with van der Waals surface area (Å²) in [4.78, 5) is 14.6. The molecule has 2 N–H and O–H groups in total. The summed E-state index contributed by atoms with van der Waals surface area (Å²) in [5.41, 5.74) is 1.01. The standard InChI is InChI=1S/C9H11N3OS/c1-7(13)12-9(14)11-6-8-3-2-4-10-5-8/h2-5H,6H2,1H3,(H2,11,12,13,14). The van der Waals surface area contributed by atoms with E-state index in [0.717, 1.165) is 5.56 Å². The second kappa shape index (κ2) is 5.29. The largest absolute Gasteiger partial charge is 0.358 e. The molecule has 4 nitrogen and oxygen atoms in total. The van der Waals surface area contributed by atoms with Gasteiger partial charge in [-0.15, -0.1) is 0 Å². The van der Waals surface area contributed by atoms with Gasteiger partial charge in [0.1, 0.15) is 0 Å². The molecule has 0 saturated heterocycles. The number of thiocarbonyl (C=S) groups is 1. The van der Waals surface area contributed by atoms with E-state index in [2.05, 4.69) is 15.6 Å². The highest BCUT2D eigenvalue weighted by atomic mass is 32.1. The van der Waals surface area contributed by atoms with Gasteiger partial charge in [0.2, 0.25) is 5.91 Å². The summed E-state index contributed by atoms with van der Waals surface area (Å²) in [6, 6.07) is 3.77. The first kappa shape index (κ1) is 10.6. The Balaban J connectivity index is 2.34. The molecule has 1 amide bonds. The lowest BCUT2D eigenvalue weighted by Gasteiger charge is -2.06. The summed E-state index contributed by atoms with van der Waals surface area (Å²) in [5.74, 6) is -0.173. The predicted octanol–water partition coefficient (Wildman–Crippen LogP) is 0.592. The third-order valence-corrected chi connectivity index (χ3v) is 1.71. The van der Waals surface area contributed by atoms with Crippen LogP contribution in [0.4, 0.5) is 0 Å². The molecule has 0 aliphatic heterocycles. The highest BCUT2D eigenvalue weighted by Gasteiger charge is 1.97. The number of hydrogen-bond acceptors (Lipinski definition) is 3. The fourth-order valence-corrected chi connectivity index (χ4v) is 1.11. The van der Waals surface area contributed by atoms with Crippen molar-refractivity contribution in [1.29, 1.82) is 0 Å². The highest BCUT2D eigenvalue weighted by Crippen LogP contribution is 1.93. The van der Waals surface area contributed by atoms with Crippen LogP contribution in [0.3, 0.4) is 0 Å². The third-order valence-electron chi connectivity index (χ3n) is 1.47. The predicted molar refractivity (Wildman–Crippen MR) is 57.5 cm³/mol. The van der Waals surface area contributed by atoms with E-state index >= 15 is 0 Å². The van der Waals surface area contributed by atoms with E-state index in [4.69, 9.17) is 12.2 Å². The van der Waals surface area contributed by atoms with Crippen molar-refractivity contribution in [3.05, 3.63) is 30.1 Å². The molecule has 0 unspecified atom stereocenters. The van der Waals surface area contributed by atoms with Gasteiger partial charge in [-0.3, -0.25) is 9.78 Å². The minimum absolute atomic E-state index is 0.173. The Hall–Kier alpha value is -1.49. The molecule has 0 radical (unpaired) electrons. The van der Waals surface area contributed by atoms with Crippen LogP contribution in [-0.4, -0.2) is 16.0 Å². The van der Waals surface area contributed by atoms with E-state index in [-0.39, 0.29) is 5.91 Å². The van der Waals surface area contributed by atoms with Crippen molar-refractivity contribution in [2.45, 2.75) is 13.5 Å². The monoisotopic (exact) mass is 209 g/mol. The molecule has 5 heteroatoms. The van der Waals surface area contributed by atoms with Gasteiger partial charge in [0, 0.05) is 25.9 Å². The van der Waals surface area contributed by atoms with Gasteiger partial charge in [-0.25, -0.2) is 0 Å².